The van der Waals surface area contributed by atoms with Gasteiger partial charge in [0.2, 0.25) is 17.0 Å². The fourth-order valence-corrected chi connectivity index (χ4v) is 1.95. The Balaban J connectivity index is 2.39. The first-order valence-corrected chi connectivity index (χ1v) is 5.69. The highest BCUT2D eigenvalue weighted by atomic mass is 35.5. The van der Waals surface area contributed by atoms with Crippen LogP contribution in [0.15, 0.2) is 12.3 Å². The fourth-order valence-electron chi connectivity index (χ4n) is 1.73. The van der Waals surface area contributed by atoms with Gasteiger partial charge in [0, 0.05) is 6.20 Å². The number of hydrogen-bond acceptors (Lipinski definition) is 6. The molecule has 1 N–H and O–H groups in total. The van der Waals surface area contributed by atoms with Gasteiger partial charge in [-0.2, -0.15) is 0 Å². The summed E-state index contributed by atoms with van der Waals surface area (Å²) >= 11 is 5.59. The van der Waals surface area contributed by atoms with Crippen molar-refractivity contribution in [1.82, 2.24) is 15.2 Å². The van der Waals surface area contributed by atoms with Crippen LogP contribution >= 0.6 is 11.6 Å². The molecule has 3 amide bonds. The molecule has 104 valence electrons. The van der Waals surface area contributed by atoms with E-state index in [1.54, 1.807) is 0 Å². The zero-order valence-electron chi connectivity index (χ0n) is 9.83. The molecule has 0 saturated carbocycles. The molecule has 0 bridgehead atoms. The van der Waals surface area contributed by atoms with Gasteiger partial charge in [0.15, 0.2) is 0 Å². The molecule has 0 unspecified atom stereocenters. The van der Waals surface area contributed by atoms with Gasteiger partial charge in [-0.3, -0.25) is 29.8 Å². The molecule has 20 heavy (non-hydrogen) atoms. The Kier molecular flexibility index (Phi) is 3.61. The molecule has 1 fully saturated rings. The fraction of sp³-hybridized carbons (Fsp3) is 0.200. The summed E-state index contributed by atoms with van der Waals surface area (Å²) in [6, 6.07) is 1.11. The van der Waals surface area contributed by atoms with E-state index < -0.39 is 33.5 Å². The number of pyridine rings is 1. The van der Waals surface area contributed by atoms with Gasteiger partial charge in [-0.1, -0.05) is 11.6 Å². The lowest BCUT2D eigenvalue weighted by Crippen LogP contribution is -2.53. The molecule has 2 rings (SSSR count). The van der Waals surface area contributed by atoms with Gasteiger partial charge in [0.1, 0.15) is 18.7 Å². The van der Waals surface area contributed by atoms with Gasteiger partial charge in [-0.05, 0) is 6.07 Å². The summed E-state index contributed by atoms with van der Waals surface area (Å²) in [7, 11) is 0. The minimum Gasteiger partial charge on any atom is -0.320 e. The van der Waals surface area contributed by atoms with E-state index in [9.17, 15) is 24.5 Å². The number of piperazine rings is 1. The third kappa shape index (κ3) is 2.57. The molecule has 1 aromatic heterocycles. The Morgan fingerprint density at radius 3 is 2.55 bits per heavy atom. The Bertz CT molecular complexity index is 616. The minimum absolute atomic E-state index is 0.322. The smallest absolute Gasteiger partial charge is 0.319 e. The van der Waals surface area contributed by atoms with Crippen LogP contribution in [0.5, 0.6) is 0 Å². The monoisotopic (exact) mass is 298 g/mol. The van der Waals surface area contributed by atoms with Crippen LogP contribution in [0.1, 0.15) is 10.4 Å². The highest BCUT2D eigenvalue weighted by Crippen LogP contribution is 2.27. The van der Waals surface area contributed by atoms with Gasteiger partial charge < -0.3 is 4.90 Å². The minimum atomic E-state index is -0.839. The van der Waals surface area contributed by atoms with Gasteiger partial charge in [0.25, 0.3) is 5.91 Å². The molecule has 1 aromatic rings. The molecule has 0 aliphatic carbocycles. The number of amides is 3. The lowest BCUT2D eigenvalue weighted by molar-refractivity contribution is -0.385. The molecular formula is C10H7ClN4O5. The highest BCUT2D eigenvalue weighted by Gasteiger charge is 2.32. The number of hydrogen-bond donors (Lipinski definition) is 1. The zero-order valence-corrected chi connectivity index (χ0v) is 10.6. The third-order valence-corrected chi connectivity index (χ3v) is 2.80. The van der Waals surface area contributed by atoms with Crippen molar-refractivity contribution in [3.05, 3.63) is 33.1 Å². The van der Waals surface area contributed by atoms with Crippen molar-refractivity contribution in [3.8, 4) is 0 Å². The summed E-state index contributed by atoms with van der Waals surface area (Å²) in [4.78, 5) is 49.1. The number of carbonyl (C=O) groups is 3. The van der Waals surface area contributed by atoms with Crippen LogP contribution in [-0.2, 0) is 9.59 Å². The summed E-state index contributed by atoms with van der Waals surface area (Å²) in [5.74, 6) is -2.14. The van der Waals surface area contributed by atoms with Gasteiger partial charge in [0.05, 0.1) is 4.92 Å². The van der Waals surface area contributed by atoms with E-state index in [1.165, 1.54) is 0 Å². The maximum absolute atomic E-state index is 12.2. The molecule has 9 nitrogen and oxygen atoms in total. The number of nitrogens with one attached hydrogen (secondary N) is 1. The molecular weight excluding hydrogens is 292 g/mol. The SMILES string of the molecule is O=C1CN(C(=O)c2ccnc(Cl)c2[N+](=O)[O-])CC(=O)N1. The third-order valence-electron chi connectivity index (χ3n) is 2.53. The van der Waals surface area contributed by atoms with Crippen LogP contribution in [-0.4, -0.2) is 45.6 Å². The molecule has 10 heteroatoms. The van der Waals surface area contributed by atoms with Gasteiger partial charge in [-0.15, -0.1) is 0 Å². The summed E-state index contributed by atoms with van der Waals surface area (Å²) in [6.45, 7) is -0.719. The van der Waals surface area contributed by atoms with Crippen molar-refractivity contribution < 1.29 is 19.3 Å². The second-order valence-electron chi connectivity index (χ2n) is 3.89. The Hall–Kier alpha value is -2.55. The van der Waals surface area contributed by atoms with E-state index in [1.807, 2.05) is 5.32 Å². The number of imide groups is 1. The molecule has 0 aromatic carbocycles. The molecule has 2 heterocycles. The van der Waals surface area contributed by atoms with Crippen molar-refractivity contribution in [1.29, 1.82) is 0 Å². The van der Waals surface area contributed by atoms with Gasteiger partial charge >= 0.3 is 5.69 Å². The molecule has 1 aliphatic heterocycles. The van der Waals surface area contributed by atoms with E-state index in [-0.39, 0.29) is 18.7 Å². The average Bonchev–Trinajstić information content (AvgIpc) is 2.35. The Morgan fingerprint density at radius 2 is 2.00 bits per heavy atom. The first kappa shape index (κ1) is 13.9. The van der Waals surface area contributed by atoms with Crippen LogP contribution < -0.4 is 5.32 Å². The van der Waals surface area contributed by atoms with Gasteiger partial charge in [-0.25, -0.2) is 4.98 Å². The maximum Gasteiger partial charge on any atom is 0.319 e. The van der Waals surface area contributed by atoms with Crippen molar-refractivity contribution in [3.63, 3.8) is 0 Å². The molecule has 0 spiro atoms. The average molecular weight is 299 g/mol. The summed E-state index contributed by atoms with van der Waals surface area (Å²) in [5, 5.41) is 12.5. The summed E-state index contributed by atoms with van der Waals surface area (Å²) < 4.78 is 0. The molecule has 0 atom stereocenters. The number of aromatic nitrogens is 1. The molecule has 1 aliphatic rings. The van der Waals surface area contributed by atoms with Crippen LogP contribution in [0.3, 0.4) is 0 Å². The van der Waals surface area contributed by atoms with E-state index >= 15 is 0 Å². The largest absolute Gasteiger partial charge is 0.320 e. The zero-order chi connectivity index (χ0) is 14.9. The first-order valence-electron chi connectivity index (χ1n) is 5.31. The number of halogens is 1. The molecule has 0 radical (unpaired) electrons. The van der Waals surface area contributed by atoms with E-state index in [4.69, 9.17) is 11.6 Å². The van der Waals surface area contributed by atoms with Crippen LogP contribution in [0.2, 0.25) is 5.15 Å². The van der Waals surface area contributed by atoms with Crippen LogP contribution in [0, 0.1) is 10.1 Å². The number of nitro groups is 1. The summed E-state index contributed by atoms with van der Waals surface area (Å²) in [6.07, 6.45) is 1.13. The van der Waals surface area contributed by atoms with Crippen LogP contribution in [0.25, 0.3) is 0 Å². The molecule has 1 saturated heterocycles. The number of nitrogens with zero attached hydrogens (tertiary/aromatic N) is 3. The quantitative estimate of drug-likeness (QED) is 0.347. The predicted octanol–water partition coefficient (Wildman–Crippen LogP) is -0.258. The lowest BCUT2D eigenvalue weighted by Gasteiger charge is -2.25. The second kappa shape index (κ2) is 5.21. The van der Waals surface area contributed by atoms with Crippen molar-refractivity contribution in [2.24, 2.45) is 0 Å². The van der Waals surface area contributed by atoms with Crippen molar-refractivity contribution in [2.45, 2.75) is 0 Å². The second-order valence-corrected chi connectivity index (χ2v) is 4.25. The predicted molar refractivity (Wildman–Crippen MR) is 65.0 cm³/mol. The Morgan fingerprint density at radius 1 is 1.40 bits per heavy atom. The van der Waals surface area contributed by atoms with E-state index in [0.717, 1.165) is 17.2 Å². The maximum atomic E-state index is 12.2. The Labute approximate surface area is 116 Å². The topological polar surface area (TPSA) is 123 Å². The van der Waals surface area contributed by atoms with Crippen molar-refractivity contribution >= 4 is 35.0 Å². The van der Waals surface area contributed by atoms with Crippen LogP contribution in [0.4, 0.5) is 5.69 Å². The van der Waals surface area contributed by atoms with E-state index in [2.05, 4.69) is 4.98 Å². The highest BCUT2D eigenvalue weighted by molar-refractivity contribution is 6.32. The normalized spacial score (nSPS) is 14.9. The lowest BCUT2D eigenvalue weighted by atomic mass is 10.2. The number of rotatable bonds is 2. The van der Waals surface area contributed by atoms with E-state index in [0.29, 0.717) is 0 Å². The number of carbonyl (C=O) groups excluding carboxylic acids is 3. The first-order chi connectivity index (χ1) is 9.40. The summed E-state index contributed by atoms with van der Waals surface area (Å²) in [5.41, 5.74) is -0.977. The van der Waals surface area contributed by atoms with Crippen molar-refractivity contribution in [2.75, 3.05) is 13.1 Å². The standard InChI is InChI=1S/C10H7ClN4O5/c11-9-8(15(19)20)5(1-2-12-9)10(18)14-3-6(16)13-7(17)4-14/h1-2H,3-4H2,(H,13,16,17).